The molecule has 4 heteroatoms. The summed E-state index contributed by atoms with van der Waals surface area (Å²) in [4.78, 5) is 0. The first-order chi connectivity index (χ1) is 8.69. The highest BCUT2D eigenvalue weighted by Crippen LogP contribution is 2.51. The van der Waals surface area contributed by atoms with Crippen LogP contribution in [0.4, 0.5) is 0 Å². The molecule has 1 aliphatic heterocycles. The minimum atomic E-state index is -2.89. The number of sulfone groups is 1. The molecule has 1 saturated heterocycles. The smallest absolute Gasteiger partial charge is 0.150 e. The maximum atomic E-state index is 11.7. The predicted octanol–water partition coefficient (Wildman–Crippen LogP) is 3.17. The Morgan fingerprint density at radius 3 is 2.11 bits per heavy atom. The monoisotopic (exact) mass is 283 g/mol. The van der Waals surface area contributed by atoms with E-state index in [-0.39, 0.29) is 22.8 Å². The molecule has 19 heavy (non-hydrogen) atoms. The van der Waals surface area contributed by atoms with Crippen molar-refractivity contribution in [3.63, 3.8) is 0 Å². The highest BCUT2D eigenvalue weighted by molar-refractivity contribution is 7.91. The largest absolute Gasteiger partial charge is 0.229 e. The average molecular weight is 283 g/mol. The molecular weight excluding hydrogens is 258 g/mol. The maximum absolute atomic E-state index is 11.7. The van der Waals surface area contributed by atoms with Gasteiger partial charge in [-0.1, -0.05) is 20.8 Å². The van der Waals surface area contributed by atoms with Gasteiger partial charge in [-0.2, -0.15) is 5.26 Å². The molecule has 1 saturated carbocycles. The molecule has 0 N–H and O–H groups in total. The van der Waals surface area contributed by atoms with Crippen molar-refractivity contribution in [1.29, 1.82) is 5.26 Å². The van der Waals surface area contributed by atoms with E-state index in [0.29, 0.717) is 17.8 Å². The molecule has 108 valence electrons. The van der Waals surface area contributed by atoms with Crippen LogP contribution in [0.25, 0.3) is 0 Å². The van der Waals surface area contributed by atoms with Gasteiger partial charge in [-0.25, -0.2) is 8.42 Å². The molecule has 3 nitrogen and oxygen atoms in total. The number of nitrogens with zero attached hydrogens (tertiary/aromatic N) is 1. The first kappa shape index (κ1) is 14.8. The van der Waals surface area contributed by atoms with E-state index >= 15 is 0 Å². The van der Waals surface area contributed by atoms with Crippen LogP contribution in [0.1, 0.15) is 52.9 Å². The van der Waals surface area contributed by atoms with Gasteiger partial charge in [-0.3, -0.25) is 0 Å². The van der Waals surface area contributed by atoms with Crippen LogP contribution in [0.15, 0.2) is 0 Å². The van der Waals surface area contributed by atoms with Crippen LogP contribution in [-0.4, -0.2) is 19.9 Å². The SMILES string of the molecule is CC(C)(C)C1CCC(C#N)(C2CCS(=O)(=O)C2)CC1. The Balaban J connectivity index is 2.10. The molecule has 0 aromatic heterocycles. The molecule has 1 unspecified atom stereocenters. The van der Waals surface area contributed by atoms with Crippen molar-refractivity contribution in [2.24, 2.45) is 22.7 Å². The molecule has 0 amide bonds. The van der Waals surface area contributed by atoms with Gasteiger partial charge in [0, 0.05) is 0 Å². The summed E-state index contributed by atoms with van der Waals surface area (Å²) in [5, 5.41) is 9.62. The molecule has 0 aromatic carbocycles. The molecule has 1 heterocycles. The number of hydrogen-bond donors (Lipinski definition) is 0. The zero-order chi connectivity index (χ0) is 14.3. The molecule has 0 radical (unpaired) electrons. The Morgan fingerprint density at radius 1 is 1.16 bits per heavy atom. The van der Waals surface area contributed by atoms with Gasteiger partial charge in [-0.15, -0.1) is 0 Å². The summed E-state index contributed by atoms with van der Waals surface area (Å²) in [6, 6.07) is 2.50. The van der Waals surface area contributed by atoms with Gasteiger partial charge in [0.25, 0.3) is 0 Å². The molecule has 0 aromatic rings. The van der Waals surface area contributed by atoms with Crippen LogP contribution < -0.4 is 0 Å². The Hall–Kier alpha value is -0.560. The quantitative estimate of drug-likeness (QED) is 0.742. The first-order valence-corrected chi connectivity index (χ1v) is 9.12. The Bertz CT molecular complexity index is 473. The molecule has 2 aliphatic rings. The summed E-state index contributed by atoms with van der Waals surface area (Å²) in [5.41, 5.74) is -0.0747. The second-order valence-electron chi connectivity index (χ2n) is 7.51. The van der Waals surface area contributed by atoms with Crippen LogP contribution in [0.5, 0.6) is 0 Å². The van der Waals surface area contributed by atoms with Crippen molar-refractivity contribution in [3.05, 3.63) is 0 Å². The molecule has 2 fully saturated rings. The van der Waals surface area contributed by atoms with Crippen LogP contribution in [0.3, 0.4) is 0 Å². The zero-order valence-corrected chi connectivity index (χ0v) is 13.1. The Kier molecular flexibility index (Phi) is 3.72. The van der Waals surface area contributed by atoms with E-state index in [2.05, 4.69) is 26.8 Å². The lowest BCUT2D eigenvalue weighted by Crippen LogP contribution is -2.37. The maximum Gasteiger partial charge on any atom is 0.150 e. The van der Waals surface area contributed by atoms with Crippen molar-refractivity contribution in [2.45, 2.75) is 52.9 Å². The second kappa shape index (κ2) is 4.77. The van der Waals surface area contributed by atoms with E-state index < -0.39 is 9.84 Å². The highest BCUT2D eigenvalue weighted by atomic mass is 32.2. The van der Waals surface area contributed by atoms with E-state index in [1.165, 1.54) is 0 Å². The summed E-state index contributed by atoms with van der Waals surface area (Å²) in [6.45, 7) is 6.78. The average Bonchev–Trinajstić information content (AvgIpc) is 2.69. The van der Waals surface area contributed by atoms with Crippen molar-refractivity contribution < 1.29 is 8.42 Å². The van der Waals surface area contributed by atoms with E-state index in [9.17, 15) is 13.7 Å². The van der Waals surface area contributed by atoms with Crippen LogP contribution in [0, 0.1) is 34.0 Å². The van der Waals surface area contributed by atoms with Gasteiger partial charge in [-0.05, 0) is 49.4 Å². The van der Waals surface area contributed by atoms with Gasteiger partial charge in [0.1, 0.15) is 0 Å². The molecule has 2 rings (SSSR count). The fourth-order valence-electron chi connectivity index (χ4n) is 3.84. The minimum Gasteiger partial charge on any atom is -0.229 e. The van der Waals surface area contributed by atoms with Crippen LogP contribution >= 0.6 is 0 Å². The zero-order valence-electron chi connectivity index (χ0n) is 12.3. The third-order valence-corrected chi connectivity index (χ3v) is 7.11. The molecule has 1 atom stereocenters. The number of rotatable bonds is 1. The van der Waals surface area contributed by atoms with Gasteiger partial charge < -0.3 is 0 Å². The molecule has 0 spiro atoms. The van der Waals surface area contributed by atoms with Gasteiger partial charge in [0.2, 0.25) is 0 Å². The summed E-state index contributed by atoms with van der Waals surface area (Å²) >= 11 is 0. The fourth-order valence-corrected chi connectivity index (χ4v) is 5.75. The lowest BCUT2D eigenvalue weighted by molar-refractivity contribution is 0.0890. The third kappa shape index (κ3) is 2.97. The number of nitriles is 1. The lowest BCUT2D eigenvalue weighted by atomic mass is 9.60. The Labute approximate surface area is 117 Å². The van der Waals surface area contributed by atoms with Gasteiger partial charge in [0.15, 0.2) is 9.84 Å². The minimum absolute atomic E-state index is 0.0726. The normalized spacial score (nSPS) is 38.8. The van der Waals surface area contributed by atoms with E-state index in [1.807, 2.05) is 0 Å². The van der Waals surface area contributed by atoms with Crippen LogP contribution in [0.2, 0.25) is 0 Å². The molecular formula is C15H25NO2S. The van der Waals surface area contributed by atoms with Gasteiger partial charge in [0.05, 0.1) is 23.0 Å². The molecule has 0 bridgehead atoms. The summed E-state index contributed by atoms with van der Waals surface area (Å²) in [5.74, 6) is 1.25. The van der Waals surface area contributed by atoms with Crippen molar-refractivity contribution in [1.82, 2.24) is 0 Å². The van der Waals surface area contributed by atoms with Gasteiger partial charge >= 0.3 is 0 Å². The summed E-state index contributed by atoms with van der Waals surface area (Å²) in [7, 11) is -2.89. The van der Waals surface area contributed by atoms with Crippen LogP contribution in [-0.2, 0) is 9.84 Å². The van der Waals surface area contributed by atoms with E-state index in [4.69, 9.17) is 0 Å². The number of hydrogen-bond acceptors (Lipinski definition) is 3. The van der Waals surface area contributed by atoms with E-state index in [0.717, 1.165) is 25.7 Å². The predicted molar refractivity (Wildman–Crippen MR) is 76.2 cm³/mol. The van der Waals surface area contributed by atoms with Crippen molar-refractivity contribution >= 4 is 9.84 Å². The fraction of sp³-hybridized carbons (Fsp3) is 0.933. The van der Waals surface area contributed by atoms with Crippen molar-refractivity contribution in [2.75, 3.05) is 11.5 Å². The lowest BCUT2D eigenvalue weighted by Gasteiger charge is -2.43. The summed E-state index contributed by atoms with van der Waals surface area (Å²) < 4.78 is 23.3. The van der Waals surface area contributed by atoms with Crippen molar-refractivity contribution in [3.8, 4) is 6.07 Å². The standard InChI is InChI=1S/C15H25NO2S/c1-14(2,3)12-4-7-15(11-16,8-5-12)13-6-9-19(17,18)10-13/h12-13H,4-10H2,1-3H3. The second-order valence-corrected chi connectivity index (χ2v) is 9.74. The van der Waals surface area contributed by atoms with E-state index in [1.54, 1.807) is 0 Å². The highest BCUT2D eigenvalue weighted by Gasteiger charge is 2.47. The topological polar surface area (TPSA) is 57.9 Å². The Morgan fingerprint density at radius 2 is 1.74 bits per heavy atom. The third-order valence-electron chi connectivity index (χ3n) is 5.34. The first-order valence-electron chi connectivity index (χ1n) is 7.30. The summed E-state index contributed by atoms with van der Waals surface area (Å²) in [6.07, 6.45) is 4.58. The molecule has 1 aliphatic carbocycles.